The maximum Gasteiger partial charge on any atom is 0.190 e. The van der Waals surface area contributed by atoms with Crippen LogP contribution in [0.3, 0.4) is 0 Å². The van der Waals surface area contributed by atoms with E-state index in [4.69, 9.17) is 21.1 Å². The Morgan fingerprint density at radius 3 is 2.97 bits per heavy atom. The number of nitrogens with one attached hydrogen (secondary N) is 2. The molecule has 0 spiro atoms. The summed E-state index contributed by atoms with van der Waals surface area (Å²) in [7, 11) is 0. The van der Waals surface area contributed by atoms with Crippen molar-refractivity contribution < 1.29 is 9.47 Å². The number of fused-ring (bicyclic) bond motifs is 1. The van der Waals surface area contributed by atoms with E-state index >= 15 is 0 Å². The lowest BCUT2D eigenvalue weighted by molar-refractivity contribution is -0.0547. The molecular formula is C24H32ClN3O3S. The van der Waals surface area contributed by atoms with E-state index < -0.39 is 0 Å². The van der Waals surface area contributed by atoms with Gasteiger partial charge in [-0.25, -0.2) is 0 Å². The minimum absolute atomic E-state index is 0.00969. The zero-order valence-corrected chi connectivity index (χ0v) is 20.7. The smallest absolute Gasteiger partial charge is 0.190 e. The molecule has 0 radical (unpaired) electrons. The van der Waals surface area contributed by atoms with Crippen LogP contribution >= 0.6 is 23.4 Å². The molecule has 174 valence electrons. The Labute approximate surface area is 198 Å². The number of aromatic amines is 1. The normalized spacial score (nSPS) is 21.3. The number of hydrogen-bond acceptors (Lipinski definition) is 6. The van der Waals surface area contributed by atoms with Crippen molar-refractivity contribution in [1.29, 1.82) is 0 Å². The molecule has 1 atom stereocenters. The van der Waals surface area contributed by atoms with Crippen molar-refractivity contribution in [2.24, 2.45) is 0 Å². The van der Waals surface area contributed by atoms with Gasteiger partial charge in [0.2, 0.25) is 0 Å². The number of ether oxygens (including phenoxy) is 2. The fraction of sp³-hybridized carbons (Fsp3) is 0.542. The van der Waals surface area contributed by atoms with Crippen molar-refractivity contribution >= 4 is 39.8 Å². The Morgan fingerprint density at radius 1 is 1.41 bits per heavy atom. The van der Waals surface area contributed by atoms with Crippen LogP contribution in [0.1, 0.15) is 39.8 Å². The number of aromatic nitrogens is 1. The van der Waals surface area contributed by atoms with E-state index in [2.05, 4.69) is 48.3 Å². The first-order chi connectivity index (χ1) is 15.2. The molecule has 8 heteroatoms. The van der Waals surface area contributed by atoms with E-state index in [0.717, 1.165) is 44.0 Å². The lowest BCUT2D eigenvalue weighted by atomic mass is 10.0. The average Bonchev–Trinajstić information content (AvgIpc) is 3.18. The molecule has 6 nitrogen and oxygen atoms in total. The van der Waals surface area contributed by atoms with E-state index in [1.807, 2.05) is 0 Å². The summed E-state index contributed by atoms with van der Waals surface area (Å²) < 4.78 is 11.6. The molecule has 0 saturated carbocycles. The van der Waals surface area contributed by atoms with Gasteiger partial charge in [0, 0.05) is 41.8 Å². The predicted molar refractivity (Wildman–Crippen MR) is 134 cm³/mol. The maximum atomic E-state index is 12.8. The summed E-state index contributed by atoms with van der Waals surface area (Å²) >= 11 is 8.45. The summed E-state index contributed by atoms with van der Waals surface area (Å²) in [4.78, 5) is 18.6. The van der Waals surface area contributed by atoms with Crippen LogP contribution < -0.4 is 15.5 Å². The molecule has 4 rings (SSSR count). The molecule has 1 unspecified atom stereocenters. The quantitative estimate of drug-likeness (QED) is 0.613. The topological polar surface area (TPSA) is 66.6 Å². The number of rotatable bonds is 7. The lowest BCUT2D eigenvalue weighted by Gasteiger charge is -2.41. The third kappa shape index (κ3) is 5.18. The van der Waals surface area contributed by atoms with Crippen LogP contribution in [0.15, 0.2) is 28.4 Å². The van der Waals surface area contributed by atoms with Gasteiger partial charge < -0.3 is 19.8 Å². The summed E-state index contributed by atoms with van der Waals surface area (Å²) in [5.74, 6) is 0.590. The Bertz CT molecular complexity index is 1070. The van der Waals surface area contributed by atoms with Crippen molar-refractivity contribution in [1.82, 2.24) is 15.2 Å². The summed E-state index contributed by atoms with van der Waals surface area (Å²) in [5.41, 5.74) is 2.51. The molecule has 2 aliphatic rings. The van der Waals surface area contributed by atoms with Crippen LogP contribution in [-0.2, 0) is 4.74 Å². The van der Waals surface area contributed by atoms with Gasteiger partial charge in [0.05, 0.1) is 24.1 Å². The predicted octanol–water partition coefficient (Wildman–Crippen LogP) is 4.47. The second kappa shape index (κ2) is 9.77. The number of halogens is 1. The van der Waals surface area contributed by atoms with Gasteiger partial charge >= 0.3 is 0 Å². The first-order valence-corrected chi connectivity index (χ1v) is 12.5. The molecule has 2 aliphatic heterocycles. The highest BCUT2D eigenvalue weighted by atomic mass is 35.5. The maximum absolute atomic E-state index is 12.8. The van der Waals surface area contributed by atoms with Gasteiger partial charge in [-0.15, -0.1) is 11.8 Å². The van der Waals surface area contributed by atoms with Gasteiger partial charge in [-0.3, -0.25) is 9.69 Å². The highest BCUT2D eigenvalue weighted by molar-refractivity contribution is 8.03. The van der Waals surface area contributed by atoms with Gasteiger partial charge in [0.1, 0.15) is 17.4 Å². The number of benzene rings is 1. The Kier molecular flexibility index (Phi) is 7.22. The van der Waals surface area contributed by atoms with Crippen molar-refractivity contribution in [2.75, 3.05) is 32.9 Å². The van der Waals surface area contributed by atoms with E-state index in [-0.39, 0.29) is 11.0 Å². The monoisotopic (exact) mass is 477 g/mol. The van der Waals surface area contributed by atoms with Crippen LogP contribution in [0.2, 0.25) is 5.02 Å². The number of pyridine rings is 1. The van der Waals surface area contributed by atoms with Gasteiger partial charge in [0.15, 0.2) is 5.43 Å². The third-order valence-electron chi connectivity index (χ3n) is 5.99. The number of nitrogens with zero attached hydrogens (tertiary/aromatic N) is 1. The van der Waals surface area contributed by atoms with Crippen LogP contribution in [-0.4, -0.2) is 59.7 Å². The molecule has 32 heavy (non-hydrogen) atoms. The number of thioether (sulfide) groups is 1. The fourth-order valence-corrected chi connectivity index (χ4v) is 5.67. The Balaban J connectivity index is 1.51. The second-order valence-corrected chi connectivity index (χ2v) is 10.8. The third-order valence-corrected chi connectivity index (χ3v) is 7.41. The molecular weight excluding hydrogens is 446 g/mol. The first kappa shape index (κ1) is 23.6. The van der Waals surface area contributed by atoms with Gasteiger partial charge in [-0.1, -0.05) is 11.6 Å². The molecule has 3 heterocycles. The van der Waals surface area contributed by atoms with Gasteiger partial charge in [-0.2, -0.15) is 0 Å². The summed E-state index contributed by atoms with van der Waals surface area (Å²) in [6, 6.07) is 5.66. The highest BCUT2D eigenvalue weighted by Gasteiger charge is 2.30. The highest BCUT2D eigenvalue weighted by Crippen LogP contribution is 2.36. The molecule has 1 saturated heterocycles. The lowest BCUT2D eigenvalue weighted by Crippen LogP contribution is -2.54. The Hall–Kier alpha value is -1.51. The number of H-pyrrole nitrogens is 1. The molecule has 2 aromatic rings. The minimum Gasteiger partial charge on any atom is -0.491 e. The fourth-order valence-electron chi connectivity index (χ4n) is 4.22. The zero-order valence-electron chi connectivity index (χ0n) is 19.2. The van der Waals surface area contributed by atoms with Crippen molar-refractivity contribution in [3.05, 3.63) is 44.5 Å². The zero-order chi connectivity index (χ0) is 22.9. The number of morpholine rings is 1. The van der Waals surface area contributed by atoms with Crippen molar-refractivity contribution in [3.8, 4) is 5.75 Å². The molecule has 1 aromatic carbocycles. The summed E-state index contributed by atoms with van der Waals surface area (Å²) in [6.45, 7) is 12.3. The van der Waals surface area contributed by atoms with Gasteiger partial charge in [-0.05, 0) is 57.2 Å². The standard InChI is InChI=1S/C24H32ClN3O3S/c1-15(2)26-21-11-16(13-32-21)18-12-19(29)17-5-6-20(22(25)23(17)27-18)31-10-8-28-7-9-30-14-24(28,3)4/h5-6,12-13,15,21,26H,7-11,14H2,1-4H3,(H,27,29). The molecule has 0 bridgehead atoms. The summed E-state index contributed by atoms with van der Waals surface area (Å²) in [5, 5.41) is 6.99. The van der Waals surface area contributed by atoms with E-state index in [9.17, 15) is 4.79 Å². The SMILES string of the molecule is CC(C)NC1CC(c2cc(=O)c3ccc(OCCN4CCOCC4(C)C)c(Cl)c3[nH]2)=CS1. The van der Waals surface area contributed by atoms with Crippen molar-refractivity contribution in [2.45, 2.75) is 51.1 Å². The number of hydrogen-bond donors (Lipinski definition) is 2. The van der Waals surface area contributed by atoms with Crippen LogP contribution in [0, 0.1) is 0 Å². The van der Waals surface area contributed by atoms with Crippen LogP contribution in [0.4, 0.5) is 0 Å². The average molecular weight is 478 g/mol. The van der Waals surface area contributed by atoms with E-state index in [1.165, 1.54) is 0 Å². The first-order valence-electron chi connectivity index (χ1n) is 11.2. The van der Waals surface area contributed by atoms with E-state index in [1.54, 1.807) is 30.0 Å². The molecule has 0 aliphatic carbocycles. The second-order valence-electron chi connectivity index (χ2n) is 9.34. The molecule has 0 amide bonds. The molecule has 1 aromatic heterocycles. The minimum atomic E-state index is -0.0385. The largest absolute Gasteiger partial charge is 0.491 e. The van der Waals surface area contributed by atoms with E-state index in [0.29, 0.717) is 39.7 Å². The van der Waals surface area contributed by atoms with Crippen LogP contribution in [0.25, 0.3) is 16.5 Å². The molecule has 2 N–H and O–H groups in total. The summed E-state index contributed by atoms with van der Waals surface area (Å²) in [6.07, 6.45) is 0.855. The Morgan fingerprint density at radius 2 is 2.22 bits per heavy atom. The van der Waals surface area contributed by atoms with Crippen LogP contribution in [0.5, 0.6) is 5.75 Å². The van der Waals surface area contributed by atoms with Crippen molar-refractivity contribution in [3.63, 3.8) is 0 Å². The van der Waals surface area contributed by atoms with Gasteiger partial charge in [0.25, 0.3) is 0 Å². The molecule has 1 fully saturated rings.